The summed E-state index contributed by atoms with van der Waals surface area (Å²) >= 11 is 0. The van der Waals surface area contributed by atoms with Gasteiger partial charge < -0.3 is 14.3 Å². The summed E-state index contributed by atoms with van der Waals surface area (Å²) in [6.07, 6.45) is 4.29. The van der Waals surface area contributed by atoms with Crippen LogP contribution in [0.1, 0.15) is 57.7 Å². The van der Waals surface area contributed by atoms with Crippen LogP contribution in [0.15, 0.2) is 53.1 Å². The van der Waals surface area contributed by atoms with Crippen molar-refractivity contribution in [1.29, 1.82) is 0 Å². The topological polar surface area (TPSA) is 89.6 Å². The molecule has 2 atom stereocenters. The lowest BCUT2D eigenvalue weighted by molar-refractivity contribution is 0.00242. The lowest BCUT2D eigenvalue weighted by Crippen LogP contribution is -2.29. The Labute approximate surface area is 185 Å². The van der Waals surface area contributed by atoms with Crippen molar-refractivity contribution in [2.24, 2.45) is 5.92 Å². The summed E-state index contributed by atoms with van der Waals surface area (Å²) in [7, 11) is 0. The Hall–Kier alpha value is -3.32. The summed E-state index contributed by atoms with van der Waals surface area (Å²) in [5, 5.41) is 9.54. The highest BCUT2D eigenvalue weighted by Gasteiger charge is 2.31. The van der Waals surface area contributed by atoms with Crippen LogP contribution >= 0.6 is 0 Å². The molecular weight excluding hydrogens is 413 g/mol. The average molecular weight is 437 g/mol. The second kappa shape index (κ2) is 9.44. The number of oxazole rings is 1. The number of aromatic carboxylic acids is 1. The fraction of sp³-hybridized carbons (Fsp3) is 0.320. The van der Waals surface area contributed by atoms with Crippen LogP contribution in [0, 0.1) is 18.7 Å². The predicted molar refractivity (Wildman–Crippen MR) is 115 cm³/mol. The summed E-state index contributed by atoms with van der Waals surface area (Å²) in [5.74, 6) is -1.44. The van der Waals surface area contributed by atoms with E-state index >= 15 is 0 Å². The molecular formula is C25H24FNO5. The van der Waals surface area contributed by atoms with Crippen molar-refractivity contribution in [3.05, 3.63) is 76.9 Å². The van der Waals surface area contributed by atoms with E-state index in [0.29, 0.717) is 35.6 Å². The fourth-order valence-corrected chi connectivity index (χ4v) is 4.21. The molecule has 1 fully saturated rings. The van der Waals surface area contributed by atoms with Crippen LogP contribution in [0.3, 0.4) is 0 Å². The molecule has 1 saturated carbocycles. The number of halogens is 1. The molecule has 1 heterocycles. The molecule has 0 aliphatic heterocycles. The first kappa shape index (κ1) is 21.9. The van der Waals surface area contributed by atoms with Crippen molar-refractivity contribution in [2.45, 2.75) is 45.3 Å². The summed E-state index contributed by atoms with van der Waals surface area (Å²) in [6.45, 7) is 1.94. The minimum absolute atomic E-state index is 0.0801. The Morgan fingerprint density at radius 2 is 1.97 bits per heavy atom. The maximum absolute atomic E-state index is 13.1. The van der Waals surface area contributed by atoms with Crippen LogP contribution in [0.4, 0.5) is 4.39 Å². The minimum Gasteiger partial charge on any atom is -0.478 e. The first-order chi connectivity index (χ1) is 15.4. The number of ether oxygens (including phenoxy) is 1. The van der Waals surface area contributed by atoms with E-state index in [-0.39, 0.29) is 41.4 Å². The fourth-order valence-electron chi connectivity index (χ4n) is 4.21. The Bertz CT molecular complexity index is 1120. The van der Waals surface area contributed by atoms with Crippen LogP contribution in [0.2, 0.25) is 0 Å². The number of carboxylic acid groups (broad SMARTS) is 1. The molecule has 1 aliphatic rings. The van der Waals surface area contributed by atoms with Gasteiger partial charge in [0.05, 0.1) is 18.3 Å². The van der Waals surface area contributed by atoms with E-state index in [4.69, 9.17) is 9.15 Å². The Kier molecular flexibility index (Phi) is 6.46. The summed E-state index contributed by atoms with van der Waals surface area (Å²) < 4.78 is 24.6. The number of hydrogen-bond acceptors (Lipinski definition) is 5. The number of aryl methyl sites for hydroxylation is 1. The van der Waals surface area contributed by atoms with Gasteiger partial charge in [-0.3, -0.25) is 4.79 Å². The third-order valence-corrected chi connectivity index (χ3v) is 5.86. The third kappa shape index (κ3) is 4.78. The van der Waals surface area contributed by atoms with Gasteiger partial charge in [-0.1, -0.05) is 24.6 Å². The van der Waals surface area contributed by atoms with E-state index in [1.807, 2.05) is 0 Å². The monoisotopic (exact) mass is 437 g/mol. The molecule has 7 heteroatoms. The van der Waals surface area contributed by atoms with Gasteiger partial charge in [0.1, 0.15) is 17.8 Å². The number of hydrogen-bond donors (Lipinski definition) is 1. The second-order valence-corrected chi connectivity index (χ2v) is 8.11. The zero-order valence-corrected chi connectivity index (χ0v) is 17.7. The smallest absolute Gasteiger partial charge is 0.336 e. The number of Topliss-reactive ketones (excluding diaryl/α,β-unsaturated/α-hetero) is 1. The van der Waals surface area contributed by atoms with Crippen LogP contribution in [-0.4, -0.2) is 27.9 Å². The van der Waals surface area contributed by atoms with Gasteiger partial charge in [0.2, 0.25) is 5.89 Å². The van der Waals surface area contributed by atoms with E-state index in [2.05, 4.69) is 4.98 Å². The quantitative estimate of drug-likeness (QED) is 0.495. The standard InChI is InChI=1S/C25H24FNO5/c1-15-4-2-7-21(22(15)25(29)30)23(28)17-5-3-6-20(12-17)31-13-19-14-32-24(27-19)16-8-10-18(26)11-9-16/h2,4,7-11,14,17,20H,3,5-6,12-13H2,1H3,(H,29,30)/t17-,20+/m0/s1. The molecule has 32 heavy (non-hydrogen) atoms. The van der Waals surface area contributed by atoms with Gasteiger partial charge in [0.15, 0.2) is 5.78 Å². The van der Waals surface area contributed by atoms with Crippen molar-refractivity contribution in [3.8, 4) is 11.5 Å². The number of ketones is 1. The van der Waals surface area contributed by atoms with Crippen molar-refractivity contribution in [3.63, 3.8) is 0 Å². The molecule has 2 aromatic carbocycles. The number of carboxylic acids is 1. The van der Waals surface area contributed by atoms with Gasteiger partial charge >= 0.3 is 5.97 Å². The maximum atomic E-state index is 13.1. The summed E-state index contributed by atoms with van der Waals surface area (Å²) in [6, 6.07) is 10.9. The predicted octanol–water partition coefficient (Wildman–Crippen LogP) is 5.45. The lowest BCUT2D eigenvalue weighted by Gasteiger charge is -2.28. The Balaban J connectivity index is 1.39. The van der Waals surface area contributed by atoms with Gasteiger partial charge in [-0.15, -0.1) is 0 Å². The Morgan fingerprint density at radius 3 is 2.72 bits per heavy atom. The SMILES string of the molecule is Cc1cccc(C(=O)[C@H]2CCC[C@@H](OCc3coc(-c4ccc(F)cc4)n3)C2)c1C(=O)O. The molecule has 0 unspecified atom stereocenters. The van der Waals surface area contributed by atoms with E-state index in [1.165, 1.54) is 18.4 Å². The zero-order valence-electron chi connectivity index (χ0n) is 17.7. The van der Waals surface area contributed by atoms with Crippen LogP contribution in [0.5, 0.6) is 0 Å². The summed E-state index contributed by atoms with van der Waals surface area (Å²) in [4.78, 5) is 29.2. The third-order valence-electron chi connectivity index (χ3n) is 5.86. The van der Waals surface area contributed by atoms with Gasteiger partial charge in [0, 0.05) is 17.0 Å². The number of nitrogens with zero attached hydrogens (tertiary/aromatic N) is 1. The summed E-state index contributed by atoms with van der Waals surface area (Å²) in [5.41, 5.74) is 2.22. The average Bonchev–Trinajstić information content (AvgIpc) is 3.26. The number of carbonyl (C=O) groups is 2. The van der Waals surface area contributed by atoms with E-state index in [0.717, 1.165) is 12.8 Å². The normalized spacial score (nSPS) is 18.4. The van der Waals surface area contributed by atoms with Gasteiger partial charge in [-0.2, -0.15) is 0 Å². The highest BCUT2D eigenvalue weighted by molar-refractivity contribution is 6.07. The molecule has 1 N–H and O–H groups in total. The number of benzene rings is 2. The molecule has 1 aliphatic carbocycles. The molecule has 4 rings (SSSR count). The maximum Gasteiger partial charge on any atom is 0.336 e. The molecule has 0 saturated heterocycles. The minimum atomic E-state index is -1.09. The van der Waals surface area contributed by atoms with E-state index in [9.17, 15) is 19.1 Å². The van der Waals surface area contributed by atoms with Gasteiger partial charge in [-0.25, -0.2) is 14.2 Å². The lowest BCUT2D eigenvalue weighted by atomic mass is 9.81. The second-order valence-electron chi connectivity index (χ2n) is 8.11. The highest BCUT2D eigenvalue weighted by Crippen LogP contribution is 2.31. The van der Waals surface area contributed by atoms with Gasteiger partial charge in [0.25, 0.3) is 0 Å². The number of rotatable bonds is 7. The number of aromatic nitrogens is 1. The van der Waals surface area contributed by atoms with E-state index < -0.39 is 5.97 Å². The van der Waals surface area contributed by atoms with Crippen molar-refractivity contribution < 1.29 is 28.2 Å². The molecule has 0 spiro atoms. The van der Waals surface area contributed by atoms with Crippen molar-refractivity contribution in [1.82, 2.24) is 4.98 Å². The first-order valence-corrected chi connectivity index (χ1v) is 10.6. The highest BCUT2D eigenvalue weighted by atomic mass is 19.1. The molecule has 1 aromatic heterocycles. The van der Waals surface area contributed by atoms with Crippen LogP contribution in [-0.2, 0) is 11.3 Å². The molecule has 0 radical (unpaired) electrons. The molecule has 3 aromatic rings. The number of carbonyl (C=O) groups excluding carboxylic acids is 1. The van der Waals surface area contributed by atoms with E-state index in [1.54, 1.807) is 37.3 Å². The largest absolute Gasteiger partial charge is 0.478 e. The van der Waals surface area contributed by atoms with Crippen LogP contribution in [0.25, 0.3) is 11.5 Å². The molecule has 166 valence electrons. The molecule has 6 nitrogen and oxygen atoms in total. The van der Waals surface area contributed by atoms with Crippen molar-refractivity contribution in [2.75, 3.05) is 0 Å². The van der Waals surface area contributed by atoms with Crippen LogP contribution < -0.4 is 0 Å². The molecule has 0 amide bonds. The van der Waals surface area contributed by atoms with Gasteiger partial charge in [-0.05, 0) is 56.0 Å². The Morgan fingerprint density at radius 1 is 1.19 bits per heavy atom. The molecule has 0 bridgehead atoms. The van der Waals surface area contributed by atoms with Crippen molar-refractivity contribution >= 4 is 11.8 Å². The first-order valence-electron chi connectivity index (χ1n) is 10.6. The zero-order chi connectivity index (χ0) is 22.7.